The van der Waals surface area contributed by atoms with E-state index in [-0.39, 0.29) is 21.7 Å². The van der Waals surface area contributed by atoms with Gasteiger partial charge >= 0.3 is 0 Å². The van der Waals surface area contributed by atoms with Gasteiger partial charge in [0.15, 0.2) is 0 Å². The average molecular weight is 445 g/mol. The molecule has 0 aliphatic carbocycles. The number of hydrogen-bond acceptors (Lipinski definition) is 4. The molecule has 0 unspecified atom stereocenters. The number of carbonyl (C=O) groups is 2. The van der Waals surface area contributed by atoms with Crippen LogP contribution in [-0.4, -0.2) is 20.2 Å². The van der Waals surface area contributed by atoms with Crippen molar-refractivity contribution in [3.8, 4) is 0 Å². The maximum absolute atomic E-state index is 13.0. The largest absolute Gasteiger partial charge is 0.280 e. The van der Waals surface area contributed by atoms with E-state index in [1.807, 2.05) is 0 Å². The smallest absolute Gasteiger partial charge is 0.270 e. The molecule has 0 bridgehead atoms. The SMILES string of the molecule is Cc1ccc(S(=O)(=O)Nc2ccc(F)cc2)cc1C(=O)NNC(=O)c1ccc(F)cc1. The first-order valence-electron chi connectivity index (χ1n) is 8.91. The van der Waals surface area contributed by atoms with E-state index in [9.17, 15) is 26.8 Å². The van der Waals surface area contributed by atoms with E-state index in [2.05, 4.69) is 15.6 Å². The van der Waals surface area contributed by atoms with Gasteiger partial charge in [-0.2, -0.15) is 0 Å². The van der Waals surface area contributed by atoms with E-state index in [0.717, 1.165) is 30.3 Å². The van der Waals surface area contributed by atoms with Crippen LogP contribution in [0.3, 0.4) is 0 Å². The van der Waals surface area contributed by atoms with Crippen LogP contribution in [0.2, 0.25) is 0 Å². The van der Waals surface area contributed by atoms with Crippen molar-refractivity contribution in [2.24, 2.45) is 0 Å². The van der Waals surface area contributed by atoms with Gasteiger partial charge in [0.05, 0.1) is 4.90 Å². The Balaban J connectivity index is 1.75. The van der Waals surface area contributed by atoms with Crippen LogP contribution in [0.5, 0.6) is 0 Å². The Bertz CT molecular complexity index is 1230. The lowest BCUT2D eigenvalue weighted by Crippen LogP contribution is -2.41. The van der Waals surface area contributed by atoms with Crippen LogP contribution in [-0.2, 0) is 10.0 Å². The van der Waals surface area contributed by atoms with Crippen LogP contribution >= 0.6 is 0 Å². The number of halogens is 2. The fourth-order valence-electron chi connectivity index (χ4n) is 2.60. The number of carbonyl (C=O) groups excluding carboxylic acids is 2. The highest BCUT2D eigenvalue weighted by molar-refractivity contribution is 7.92. The number of hydrogen-bond donors (Lipinski definition) is 3. The standard InChI is InChI=1S/C21H17F2N3O4S/c1-13-2-11-18(31(29,30)26-17-9-7-16(23)8-10-17)12-19(13)21(28)25-24-20(27)14-3-5-15(22)6-4-14/h2-12,26H,1H3,(H,24,27)(H,25,28). The molecule has 2 amide bonds. The second kappa shape index (κ2) is 8.92. The van der Waals surface area contributed by atoms with Gasteiger partial charge in [0.25, 0.3) is 21.8 Å². The Morgan fingerprint density at radius 2 is 1.32 bits per heavy atom. The predicted molar refractivity (Wildman–Crippen MR) is 110 cm³/mol. The zero-order valence-electron chi connectivity index (χ0n) is 16.1. The maximum Gasteiger partial charge on any atom is 0.270 e. The molecule has 3 N–H and O–H groups in total. The molecule has 0 fully saturated rings. The Kier molecular flexibility index (Phi) is 6.30. The van der Waals surface area contributed by atoms with Gasteiger partial charge in [0, 0.05) is 16.8 Å². The van der Waals surface area contributed by atoms with Crippen LogP contribution < -0.4 is 15.6 Å². The van der Waals surface area contributed by atoms with Crippen molar-refractivity contribution in [1.29, 1.82) is 0 Å². The second-order valence-electron chi connectivity index (χ2n) is 6.50. The van der Waals surface area contributed by atoms with E-state index >= 15 is 0 Å². The van der Waals surface area contributed by atoms with Gasteiger partial charge in [-0.1, -0.05) is 6.07 Å². The molecule has 31 heavy (non-hydrogen) atoms. The highest BCUT2D eigenvalue weighted by Crippen LogP contribution is 2.19. The predicted octanol–water partition coefficient (Wildman–Crippen LogP) is 3.15. The van der Waals surface area contributed by atoms with Crippen molar-refractivity contribution >= 4 is 27.5 Å². The van der Waals surface area contributed by atoms with Crippen molar-refractivity contribution in [2.75, 3.05) is 4.72 Å². The van der Waals surface area contributed by atoms with Gasteiger partial charge < -0.3 is 0 Å². The van der Waals surface area contributed by atoms with Crippen molar-refractivity contribution in [3.63, 3.8) is 0 Å². The third-order valence-electron chi connectivity index (χ3n) is 4.26. The number of rotatable bonds is 5. The molecule has 160 valence electrons. The quantitative estimate of drug-likeness (QED) is 0.525. The second-order valence-corrected chi connectivity index (χ2v) is 8.19. The first kappa shape index (κ1) is 21.9. The van der Waals surface area contributed by atoms with Crippen LogP contribution in [0.4, 0.5) is 14.5 Å². The maximum atomic E-state index is 13.0. The summed E-state index contributed by atoms with van der Waals surface area (Å²) < 4.78 is 53.5. The zero-order valence-corrected chi connectivity index (χ0v) is 17.0. The Morgan fingerprint density at radius 3 is 1.94 bits per heavy atom. The number of aryl methyl sites for hydroxylation is 1. The van der Waals surface area contributed by atoms with Gasteiger partial charge in [-0.15, -0.1) is 0 Å². The molecule has 0 heterocycles. The summed E-state index contributed by atoms with van der Waals surface area (Å²) in [6.07, 6.45) is 0. The number of anilines is 1. The molecule has 0 spiro atoms. The molecule has 0 aromatic heterocycles. The highest BCUT2D eigenvalue weighted by atomic mass is 32.2. The van der Waals surface area contributed by atoms with E-state index in [1.165, 1.54) is 36.4 Å². The first-order valence-corrected chi connectivity index (χ1v) is 10.4. The van der Waals surface area contributed by atoms with E-state index in [1.54, 1.807) is 6.92 Å². The average Bonchev–Trinajstić information content (AvgIpc) is 2.74. The van der Waals surface area contributed by atoms with Crippen LogP contribution in [0.15, 0.2) is 71.6 Å². The number of benzene rings is 3. The van der Waals surface area contributed by atoms with Gasteiger partial charge in [0.2, 0.25) is 0 Å². The summed E-state index contributed by atoms with van der Waals surface area (Å²) in [6.45, 7) is 1.60. The van der Waals surface area contributed by atoms with Crippen LogP contribution in [0.25, 0.3) is 0 Å². The normalized spacial score (nSPS) is 10.9. The van der Waals surface area contributed by atoms with E-state index < -0.39 is 33.5 Å². The molecule has 10 heteroatoms. The van der Waals surface area contributed by atoms with Crippen molar-refractivity contribution < 1.29 is 26.8 Å². The molecule has 0 atom stereocenters. The summed E-state index contributed by atoms with van der Waals surface area (Å²) in [6, 6.07) is 13.3. The lowest BCUT2D eigenvalue weighted by atomic mass is 10.1. The summed E-state index contributed by atoms with van der Waals surface area (Å²) in [5, 5.41) is 0. The summed E-state index contributed by atoms with van der Waals surface area (Å²) in [7, 11) is -4.05. The number of amides is 2. The van der Waals surface area contributed by atoms with E-state index in [4.69, 9.17) is 0 Å². The Labute approximate surface area is 177 Å². The van der Waals surface area contributed by atoms with Gasteiger partial charge in [-0.25, -0.2) is 17.2 Å². The number of hydrazine groups is 1. The lowest BCUT2D eigenvalue weighted by Gasteiger charge is -2.12. The number of sulfonamides is 1. The lowest BCUT2D eigenvalue weighted by molar-refractivity contribution is 0.0846. The summed E-state index contributed by atoms with van der Waals surface area (Å²) in [5.41, 5.74) is 5.14. The Morgan fingerprint density at radius 1 is 0.774 bits per heavy atom. The fraction of sp³-hybridized carbons (Fsp3) is 0.0476. The molecular formula is C21H17F2N3O4S. The minimum atomic E-state index is -4.05. The molecule has 3 rings (SSSR count). The monoisotopic (exact) mass is 445 g/mol. The summed E-state index contributed by atoms with van der Waals surface area (Å²) in [5.74, 6) is -2.44. The van der Waals surface area contributed by atoms with Gasteiger partial charge in [-0.05, 0) is 73.2 Å². The molecule has 0 saturated heterocycles. The summed E-state index contributed by atoms with van der Waals surface area (Å²) in [4.78, 5) is 24.3. The molecular weight excluding hydrogens is 428 g/mol. The minimum absolute atomic E-state index is 0.0152. The Hall–Kier alpha value is -3.79. The molecule has 3 aromatic rings. The summed E-state index contributed by atoms with van der Waals surface area (Å²) >= 11 is 0. The van der Waals surface area contributed by atoms with Crippen molar-refractivity contribution in [1.82, 2.24) is 10.9 Å². The molecule has 7 nitrogen and oxygen atoms in total. The van der Waals surface area contributed by atoms with E-state index in [0.29, 0.717) is 5.56 Å². The van der Waals surface area contributed by atoms with Gasteiger partial charge in [0.1, 0.15) is 11.6 Å². The minimum Gasteiger partial charge on any atom is -0.280 e. The van der Waals surface area contributed by atoms with Crippen molar-refractivity contribution in [3.05, 3.63) is 95.1 Å². The molecule has 0 saturated carbocycles. The molecule has 0 radical (unpaired) electrons. The first-order chi connectivity index (χ1) is 14.7. The zero-order chi connectivity index (χ0) is 22.6. The fourth-order valence-corrected chi connectivity index (χ4v) is 3.68. The highest BCUT2D eigenvalue weighted by Gasteiger charge is 2.19. The topological polar surface area (TPSA) is 104 Å². The molecule has 0 aliphatic rings. The third kappa shape index (κ3) is 5.43. The molecule has 3 aromatic carbocycles. The van der Waals surface area contributed by atoms with Crippen molar-refractivity contribution in [2.45, 2.75) is 11.8 Å². The number of nitrogens with one attached hydrogen (secondary N) is 3. The molecule has 0 aliphatic heterocycles. The van der Waals surface area contributed by atoms with Crippen LogP contribution in [0, 0.1) is 18.6 Å². The van der Waals surface area contributed by atoms with Gasteiger partial charge in [-0.3, -0.25) is 25.2 Å². The third-order valence-corrected chi connectivity index (χ3v) is 5.64. The van der Waals surface area contributed by atoms with Crippen LogP contribution in [0.1, 0.15) is 26.3 Å².